The summed E-state index contributed by atoms with van der Waals surface area (Å²) in [5.41, 5.74) is 2.22. The van der Waals surface area contributed by atoms with Crippen molar-refractivity contribution in [1.82, 2.24) is 14.8 Å². The molecule has 1 saturated carbocycles. The van der Waals surface area contributed by atoms with Crippen molar-refractivity contribution in [2.75, 3.05) is 22.9 Å². The summed E-state index contributed by atoms with van der Waals surface area (Å²) >= 11 is 1.39. The van der Waals surface area contributed by atoms with Crippen LogP contribution in [0, 0.1) is 0 Å². The summed E-state index contributed by atoms with van der Waals surface area (Å²) in [6.07, 6.45) is 5.08. The molecule has 0 bridgehead atoms. The van der Waals surface area contributed by atoms with Gasteiger partial charge in [0.25, 0.3) is 0 Å². The number of hydrogen-bond acceptors (Lipinski definition) is 6. The molecule has 9 heteroatoms. The highest BCUT2D eigenvalue weighted by molar-refractivity contribution is 7.99. The zero-order chi connectivity index (χ0) is 19.2. The van der Waals surface area contributed by atoms with Crippen LogP contribution in [0.15, 0.2) is 23.4 Å². The molecule has 7 nitrogen and oxygen atoms in total. The molecular formula is C18H22N4O3S2. The molecule has 2 aromatic rings. The van der Waals surface area contributed by atoms with Gasteiger partial charge in [0.05, 0.1) is 17.7 Å². The van der Waals surface area contributed by atoms with Crippen LogP contribution in [0.3, 0.4) is 0 Å². The van der Waals surface area contributed by atoms with Gasteiger partial charge in [-0.3, -0.25) is 9.10 Å². The largest absolute Gasteiger partial charge is 0.309 e. The van der Waals surface area contributed by atoms with Crippen molar-refractivity contribution in [2.45, 2.75) is 36.8 Å². The Kier molecular flexibility index (Phi) is 4.75. The number of carbonyl (C=O) groups is 1. The molecule has 4 rings (SSSR count). The molecular weight excluding hydrogens is 384 g/mol. The summed E-state index contributed by atoms with van der Waals surface area (Å²) in [6.45, 7) is 0.491. The minimum atomic E-state index is -3.30. The lowest BCUT2D eigenvalue weighted by Crippen LogP contribution is -2.34. The third kappa shape index (κ3) is 3.75. The zero-order valence-corrected chi connectivity index (χ0v) is 17.0. The topological polar surface area (TPSA) is 85.2 Å². The smallest absolute Gasteiger partial charge is 0.232 e. The van der Waals surface area contributed by atoms with Crippen molar-refractivity contribution in [1.29, 1.82) is 0 Å². The maximum Gasteiger partial charge on any atom is 0.232 e. The van der Waals surface area contributed by atoms with Crippen molar-refractivity contribution >= 4 is 33.3 Å². The number of rotatable bonds is 6. The fourth-order valence-corrected chi connectivity index (χ4v) is 5.25. The first-order valence-electron chi connectivity index (χ1n) is 9.00. The van der Waals surface area contributed by atoms with E-state index in [9.17, 15) is 13.2 Å². The van der Waals surface area contributed by atoms with E-state index in [1.807, 2.05) is 17.7 Å². The van der Waals surface area contributed by atoms with E-state index in [4.69, 9.17) is 0 Å². The first kappa shape index (κ1) is 18.5. The molecule has 1 aromatic heterocycles. The molecule has 1 fully saturated rings. The molecule has 0 amide bonds. The number of nitrogens with zero attached hydrogens (tertiary/aromatic N) is 4. The standard InChI is InChI=1S/C18H22N4O3S2/c1-21-17(12-5-6-12)19-20-18(21)26-11-16(23)14-7-8-15-13(10-14)4-3-9-22(15)27(2,24)25/h7-8,10,12H,3-6,9,11H2,1-2H3. The predicted octanol–water partition coefficient (Wildman–Crippen LogP) is 2.38. The summed E-state index contributed by atoms with van der Waals surface area (Å²) in [5, 5.41) is 9.19. The van der Waals surface area contributed by atoms with E-state index in [1.54, 1.807) is 12.1 Å². The van der Waals surface area contributed by atoms with Gasteiger partial charge in [-0.2, -0.15) is 0 Å². The van der Waals surface area contributed by atoms with Crippen LogP contribution in [0.4, 0.5) is 5.69 Å². The summed E-state index contributed by atoms with van der Waals surface area (Å²) in [6, 6.07) is 5.31. The lowest BCUT2D eigenvalue weighted by Gasteiger charge is -2.29. The third-order valence-corrected chi connectivity index (χ3v) is 7.22. The first-order chi connectivity index (χ1) is 12.8. The van der Waals surface area contributed by atoms with E-state index in [2.05, 4.69) is 10.2 Å². The highest BCUT2D eigenvalue weighted by atomic mass is 32.2. The summed E-state index contributed by atoms with van der Waals surface area (Å²) in [7, 11) is -1.35. The van der Waals surface area contributed by atoms with E-state index >= 15 is 0 Å². The summed E-state index contributed by atoms with van der Waals surface area (Å²) < 4.78 is 27.3. The lowest BCUT2D eigenvalue weighted by molar-refractivity contribution is 0.102. The van der Waals surface area contributed by atoms with Gasteiger partial charge >= 0.3 is 0 Å². The van der Waals surface area contributed by atoms with Crippen LogP contribution in [0.5, 0.6) is 0 Å². The number of hydrogen-bond donors (Lipinski definition) is 0. The average molecular weight is 407 g/mol. The number of sulfonamides is 1. The maximum absolute atomic E-state index is 12.6. The Labute approximate surface area is 163 Å². The van der Waals surface area contributed by atoms with Crippen molar-refractivity contribution < 1.29 is 13.2 Å². The highest BCUT2D eigenvalue weighted by Crippen LogP contribution is 2.39. The molecule has 0 spiro atoms. The Bertz CT molecular complexity index is 996. The Balaban J connectivity index is 1.48. The van der Waals surface area contributed by atoms with Gasteiger partial charge in [0.2, 0.25) is 10.0 Å². The molecule has 0 saturated heterocycles. The van der Waals surface area contributed by atoms with Crippen molar-refractivity contribution in [3.05, 3.63) is 35.2 Å². The number of Topliss-reactive ketones (excluding diaryl/α,β-unsaturated/α-hetero) is 1. The van der Waals surface area contributed by atoms with E-state index in [1.165, 1.54) is 22.3 Å². The zero-order valence-electron chi connectivity index (χ0n) is 15.4. The number of benzene rings is 1. The molecule has 0 unspecified atom stereocenters. The van der Waals surface area contributed by atoms with Crippen LogP contribution >= 0.6 is 11.8 Å². The number of thioether (sulfide) groups is 1. The van der Waals surface area contributed by atoms with Gasteiger partial charge in [-0.05, 0) is 49.4 Å². The molecule has 1 aliphatic heterocycles. The molecule has 1 aliphatic carbocycles. The molecule has 2 heterocycles. The number of carbonyl (C=O) groups excluding carboxylic acids is 1. The van der Waals surface area contributed by atoms with Crippen LogP contribution in [-0.2, 0) is 23.5 Å². The van der Waals surface area contributed by atoms with E-state index in [-0.39, 0.29) is 11.5 Å². The quantitative estimate of drug-likeness (QED) is 0.541. The second-order valence-corrected chi connectivity index (χ2v) is 10.0. The summed E-state index contributed by atoms with van der Waals surface area (Å²) in [5.74, 6) is 1.81. The predicted molar refractivity (Wildman–Crippen MR) is 105 cm³/mol. The minimum absolute atomic E-state index is 0.00949. The third-order valence-electron chi connectivity index (χ3n) is 5.02. The van der Waals surface area contributed by atoms with E-state index < -0.39 is 10.0 Å². The fraction of sp³-hybridized carbons (Fsp3) is 0.500. The van der Waals surface area contributed by atoms with Crippen molar-refractivity contribution in [3.63, 3.8) is 0 Å². The normalized spacial score (nSPS) is 17.0. The average Bonchev–Trinajstić information content (AvgIpc) is 3.41. The summed E-state index contributed by atoms with van der Waals surface area (Å²) in [4.78, 5) is 12.6. The van der Waals surface area contributed by atoms with Crippen LogP contribution in [0.2, 0.25) is 0 Å². The van der Waals surface area contributed by atoms with Gasteiger partial charge < -0.3 is 4.57 Å². The molecule has 0 atom stereocenters. The second kappa shape index (κ2) is 6.94. The van der Waals surface area contributed by atoms with E-state index in [0.717, 1.165) is 42.2 Å². The second-order valence-electron chi connectivity index (χ2n) is 7.17. The number of anilines is 1. The van der Waals surface area contributed by atoms with Gasteiger partial charge in [0.1, 0.15) is 5.82 Å². The van der Waals surface area contributed by atoms with Crippen molar-refractivity contribution in [3.8, 4) is 0 Å². The van der Waals surface area contributed by atoms with Crippen LogP contribution in [-0.4, -0.2) is 47.5 Å². The Morgan fingerprint density at radius 2 is 2.07 bits per heavy atom. The van der Waals surface area contributed by atoms with Crippen LogP contribution in [0.25, 0.3) is 0 Å². The first-order valence-corrected chi connectivity index (χ1v) is 11.8. The van der Waals surface area contributed by atoms with E-state index in [0.29, 0.717) is 23.7 Å². The minimum Gasteiger partial charge on any atom is -0.309 e. The monoisotopic (exact) mass is 406 g/mol. The number of fused-ring (bicyclic) bond motifs is 1. The molecule has 0 N–H and O–H groups in total. The van der Waals surface area contributed by atoms with Gasteiger partial charge in [-0.25, -0.2) is 8.42 Å². The lowest BCUT2D eigenvalue weighted by atomic mass is 9.99. The highest BCUT2D eigenvalue weighted by Gasteiger charge is 2.29. The number of aryl methyl sites for hydroxylation is 1. The maximum atomic E-state index is 12.6. The van der Waals surface area contributed by atoms with Crippen LogP contribution < -0.4 is 4.31 Å². The van der Waals surface area contributed by atoms with Crippen LogP contribution in [0.1, 0.15) is 46.9 Å². The Hall–Kier alpha value is -1.87. The Morgan fingerprint density at radius 3 is 2.78 bits per heavy atom. The number of aromatic nitrogens is 3. The van der Waals surface area contributed by atoms with Crippen molar-refractivity contribution in [2.24, 2.45) is 7.05 Å². The van der Waals surface area contributed by atoms with Gasteiger partial charge in [-0.1, -0.05) is 11.8 Å². The Morgan fingerprint density at radius 1 is 1.30 bits per heavy atom. The molecule has 27 heavy (non-hydrogen) atoms. The van der Waals surface area contributed by atoms with Gasteiger partial charge in [0, 0.05) is 25.1 Å². The number of ketones is 1. The molecule has 144 valence electrons. The van der Waals surface area contributed by atoms with Gasteiger partial charge in [0.15, 0.2) is 10.9 Å². The molecule has 1 aromatic carbocycles. The molecule has 2 aliphatic rings. The van der Waals surface area contributed by atoms with Gasteiger partial charge in [-0.15, -0.1) is 10.2 Å². The molecule has 0 radical (unpaired) electrons. The SMILES string of the molecule is Cn1c(SCC(=O)c2ccc3c(c2)CCCN3S(C)(=O)=O)nnc1C1CC1. The fourth-order valence-electron chi connectivity index (χ4n) is 3.44.